The van der Waals surface area contributed by atoms with Crippen molar-refractivity contribution in [1.82, 2.24) is 0 Å². The third kappa shape index (κ3) is 7.76. The minimum atomic E-state index is -0.173. The van der Waals surface area contributed by atoms with Gasteiger partial charge in [-0.2, -0.15) is 0 Å². The van der Waals surface area contributed by atoms with Gasteiger partial charge in [0, 0.05) is 13.7 Å². The van der Waals surface area contributed by atoms with Crippen molar-refractivity contribution in [2.24, 2.45) is 29.1 Å². The lowest BCUT2D eigenvalue weighted by atomic mass is 9.85. The molecule has 0 aromatic rings. The van der Waals surface area contributed by atoms with E-state index in [0.29, 0.717) is 23.7 Å². The highest BCUT2D eigenvalue weighted by molar-refractivity contribution is 4.89. The summed E-state index contributed by atoms with van der Waals surface area (Å²) in [5.74, 6) is 1.70. The van der Waals surface area contributed by atoms with Crippen LogP contribution in [-0.4, -0.2) is 46.8 Å². The summed E-state index contributed by atoms with van der Waals surface area (Å²) in [5, 5.41) is 31.1. The molecule has 0 heterocycles. The molecule has 0 spiro atoms. The number of rotatable bonds is 13. The van der Waals surface area contributed by atoms with Crippen molar-refractivity contribution < 1.29 is 20.1 Å². The number of methoxy groups -OCH3 is 1. The topological polar surface area (TPSA) is 69.9 Å². The first kappa shape index (κ1) is 26.1. The molecule has 2 fully saturated rings. The number of hydrogen-bond donors (Lipinski definition) is 3. The maximum atomic E-state index is 10.8. The Bertz CT molecular complexity index is 445. The van der Waals surface area contributed by atoms with Gasteiger partial charge < -0.3 is 20.1 Å². The van der Waals surface area contributed by atoms with Crippen LogP contribution in [-0.2, 0) is 4.74 Å². The lowest BCUT2D eigenvalue weighted by molar-refractivity contribution is 0.00992. The van der Waals surface area contributed by atoms with Gasteiger partial charge in [0.15, 0.2) is 0 Å². The lowest BCUT2D eigenvalue weighted by Gasteiger charge is -2.26. The van der Waals surface area contributed by atoms with Crippen LogP contribution in [0, 0.1) is 29.1 Å². The molecule has 2 rings (SSSR count). The van der Waals surface area contributed by atoms with Crippen molar-refractivity contribution in [2.45, 2.75) is 123 Å². The molecule has 178 valence electrons. The highest BCUT2D eigenvalue weighted by Gasteiger charge is 2.38. The summed E-state index contributed by atoms with van der Waals surface area (Å²) in [4.78, 5) is 0. The molecule has 0 aromatic heterocycles. The summed E-state index contributed by atoms with van der Waals surface area (Å²) in [6.45, 7) is 8.72. The van der Waals surface area contributed by atoms with Crippen molar-refractivity contribution >= 4 is 0 Å². The zero-order chi connectivity index (χ0) is 22.4. The fourth-order valence-electron chi connectivity index (χ4n) is 5.81. The molecule has 0 bridgehead atoms. The van der Waals surface area contributed by atoms with Gasteiger partial charge in [-0.15, -0.1) is 0 Å². The van der Waals surface area contributed by atoms with E-state index in [0.717, 1.165) is 77.0 Å². The molecular weight excluding hydrogens is 376 g/mol. The summed E-state index contributed by atoms with van der Waals surface area (Å²) in [6.07, 6.45) is 12.8. The van der Waals surface area contributed by atoms with Crippen molar-refractivity contribution in [2.75, 3.05) is 13.7 Å². The Morgan fingerprint density at radius 2 is 1.10 bits per heavy atom. The van der Waals surface area contributed by atoms with E-state index in [2.05, 4.69) is 27.7 Å². The summed E-state index contributed by atoms with van der Waals surface area (Å²) >= 11 is 0. The number of aliphatic hydroxyl groups excluding tert-OH is 3. The fourth-order valence-corrected chi connectivity index (χ4v) is 5.81. The number of hydrogen-bond acceptors (Lipinski definition) is 4. The Morgan fingerprint density at radius 1 is 0.700 bits per heavy atom. The molecule has 2 aliphatic carbocycles. The monoisotopic (exact) mass is 426 g/mol. The van der Waals surface area contributed by atoms with Crippen LogP contribution in [0.5, 0.6) is 0 Å². The van der Waals surface area contributed by atoms with Crippen LogP contribution < -0.4 is 0 Å². The highest BCUT2D eigenvalue weighted by Crippen LogP contribution is 2.42. The van der Waals surface area contributed by atoms with Gasteiger partial charge >= 0.3 is 0 Å². The third-order valence-electron chi connectivity index (χ3n) is 8.42. The molecule has 0 saturated heterocycles. The molecule has 3 N–H and O–H groups in total. The van der Waals surface area contributed by atoms with Crippen LogP contribution in [0.15, 0.2) is 0 Å². The second-order valence-electron chi connectivity index (χ2n) is 11.8. The summed E-state index contributed by atoms with van der Waals surface area (Å²) in [5.41, 5.74) is -0.0661. The van der Waals surface area contributed by atoms with E-state index in [9.17, 15) is 15.3 Å². The van der Waals surface area contributed by atoms with Crippen molar-refractivity contribution in [3.05, 3.63) is 0 Å². The van der Waals surface area contributed by atoms with Crippen LogP contribution in [0.2, 0.25) is 0 Å². The predicted octanol–water partition coefficient (Wildman–Crippen LogP) is 5.32. The third-order valence-corrected chi connectivity index (χ3v) is 8.42. The van der Waals surface area contributed by atoms with Crippen molar-refractivity contribution in [1.29, 1.82) is 0 Å². The maximum absolute atomic E-state index is 10.8. The Labute approximate surface area is 185 Å². The SMILES string of the molecule is COC(C)(C)CCCC1CCC(CCC2CCC(CCCC(C)(C)CO)C2O)C1O. The molecule has 6 unspecified atom stereocenters. The second-order valence-corrected chi connectivity index (χ2v) is 11.8. The molecule has 0 amide bonds. The van der Waals surface area contributed by atoms with Gasteiger partial charge in [0.1, 0.15) is 0 Å². The lowest BCUT2D eigenvalue weighted by Crippen LogP contribution is -2.26. The Hall–Kier alpha value is -0.160. The van der Waals surface area contributed by atoms with Crippen LogP contribution in [0.25, 0.3) is 0 Å². The summed E-state index contributed by atoms with van der Waals surface area (Å²) in [6, 6.07) is 0. The standard InChI is InChI=1S/C26H50O4/c1-25(2,18-27)16-6-8-19-10-12-21(23(19)28)14-15-22-13-11-20(24(22)29)9-7-17-26(3,4)30-5/h19-24,27-29H,6-18H2,1-5H3. The van der Waals surface area contributed by atoms with E-state index in [4.69, 9.17) is 4.74 Å². The van der Waals surface area contributed by atoms with E-state index >= 15 is 0 Å². The Balaban J connectivity index is 1.67. The number of aliphatic hydroxyl groups is 3. The number of ether oxygens (including phenoxy) is 1. The second kappa shape index (κ2) is 11.6. The molecule has 4 nitrogen and oxygen atoms in total. The molecule has 6 atom stereocenters. The van der Waals surface area contributed by atoms with Crippen LogP contribution in [0.3, 0.4) is 0 Å². The van der Waals surface area contributed by atoms with Crippen LogP contribution >= 0.6 is 0 Å². The Kier molecular flexibility index (Phi) is 10.1. The summed E-state index contributed by atoms with van der Waals surface area (Å²) < 4.78 is 5.51. The molecule has 0 aliphatic heterocycles. The van der Waals surface area contributed by atoms with Crippen molar-refractivity contribution in [3.63, 3.8) is 0 Å². The van der Waals surface area contributed by atoms with Crippen LogP contribution in [0.4, 0.5) is 0 Å². The van der Waals surface area contributed by atoms with Gasteiger partial charge in [0.2, 0.25) is 0 Å². The first-order valence-corrected chi connectivity index (χ1v) is 12.6. The zero-order valence-corrected chi connectivity index (χ0v) is 20.4. The van der Waals surface area contributed by atoms with E-state index in [1.165, 1.54) is 0 Å². The smallest absolute Gasteiger partial charge is 0.0622 e. The predicted molar refractivity (Wildman–Crippen MR) is 123 cm³/mol. The van der Waals surface area contributed by atoms with Crippen molar-refractivity contribution in [3.8, 4) is 0 Å². The van der Waals surface area contributed by atoms with Gasteiger partial charge in [-0.1, -0.05) is 26.7 Å². The van der Waals surface area contributed by atoms with E-state index < -0.39 is 0 Å². The highest BCUT2D eigenvalue weighted by atomic mass is 16.5. The van der Waals surface area contributed by atoms with E-state index in [1.54, 1.807) is 7.11 Å². The average Bonchev–Trinajstić information content (AvgIpc) is 3.23. The molecule has 0 radical (unpaired) electrons. The molecular formula is C26H50O4. The van der Waals surface area contributed by atoms with E-state index in [-0.39, 0.29) is 29.8 Å². The van der Waals surface area contributed by atoms with Gasteiger partial charge in [-0.05, 0) is 107 Å². The Morgan fingerprint density at radius 3 is 1.50 bits per heavy atom. The zero-order valence-electron chi connectivity index (χ0n) is 20.4. The first-order chi connectivity index (χ1) is 14.1. The molecule has 2 aliphatic rings. The average molecular weight is 427 g/mol. The minimum Gasteiger partial charge on any atom is -0.396 e. The molecule has 2 saturated carbocycles. The summed E-state index contributed by atoms with van der Waals surface area (Å²) in [7, 11) is 1.78. The first-order valence-electron chi connectivity index (χ1n) is 12.6. The largest absolute Gasteiger partial charge is 0.396 e. The van der Waals surface area contributed by atoms with Gasteiger partial charge in [-0.25, -0.2) is 0 Å². The molecule has 0 aromatic carbocycles. The molecule has 4 heteroatoms. The maximum Gasteiger partial charge on any atom is 0.0622 e. The van der Waals surface area contributed by atoms with Crippen LogP contribution in [0.1, 0.15) is 105 Å². The quantitative estimate of drug-likeness (QED) is 0.372. The van der Waals surface area contributed by atoms with E-state index in [1.807, 2.05) is 0 Å². The van der Waals surface area contributed by atoms with Gasteiger partial charge in [0.25, 0.3) is 0 Å². The minimum absolute atomic E-state index is 0.00255. The fraction of sp³-hybridized carbons (Fsp3) is 1.00. The van der Waals surface area contributed by atoms with Gasteiger partial charge in [-0.3, -0.25) is 0 Å². The van der Waals surface area contributed by atoms with Gasteiger partial charge in [0.05, 0.1) is 17.8 Å². The molecule has 30 heavy (non-hydrogen) atoms. The normalized spacial score (nSPS) is 32.8.